The van der Waals surface area contributed by atoms with Crippen molar-refractivity contribution in [2.75, 3.05) is 0 Å². The molecule has 1 aliphatic heterocycles. The molecule has 0 radical (unpaired) electrons. The number of fused-ring (bicyclic) bond motifs is 2. The van der Waals surface area contributed by atoms with Crippen molar-refractivity contribution >= 4 is 16.8 Å². The standard InChI is InChI=1S/C23H17FN2O2/c24-16-9-10-21(27)18(12-16)22(20-11-14-5-2-4-8-19(14)25-20)26-13-15-6-1-3-7-17(15)23(26)28/h1-12,22,25,27H,13H2. The maximum Gasteiger partial charge on any atom is 0.255 e. The summed E-state index contributed by atoms with van der Waals surface area (Å²) in [5.41, 5.74) is 3.56. The molecule has 5 heteroatoms. The van der Waals surface area contributed by atoms with Gasteiger partial charge in [-0.1, -0.05) is 36.4 Å². The van der Waals surface area contributed by atoms with Gasteiger partial charge in [0.05, 0.1) is 0 Å². The molecule has 0 spiro atoms. The van der Waals surface area contributed by atoms with Gasteiger partial charge >= 0.3 is 0 Å². The molecule has 138 valence electrons. The van der Waals surface area contributed by atoms with Crippen LogP contribution in [0.25, 0.3) is 10.9 Å². The van der Waals surface area contributed by atoms with Crippen LogP contribution in [-0.2, 0) is 6.54 Å². The van der Waals surface area contributed by atoms with E-state index in [9.17, 15) is 14.3 Å². The smallest absolute Gasteiger partial charge is 0.255 e. The Morgan fingerprint density at radius 1 is 1.00 bits per heavy atom. The fourth-order valence-corrected chi connectivity index (χ4v) is 3.98. The summed E-state index contributed by atoms with van der Waals surface area (Å²) in [7, 11) is 0. The summed E-state index contributed by atoms with van der Waals surface area (Å²) >= 11 is 0. The summed E-state index contributed by atoms with van der Waals surface area (Å²) in [5.74, 6) is -0.644. The molecule has 0 aliphatic carbocycles. The zero-order valence-corrected chi connectivity index (χ0v) is 14.9. The van der Waals surface area contributed by atoms with Gasteiger partial charge in [-0.3, -0.25) is 4.79 Å². The van der Waals surface area contributed by atoms with Gasteiger partial charge in [0.1, 0.15) is 17.6 Å². The van der Waals surface area contributed by atoms with Crippen molar-refractivity contribution in [3.8, 4) is 5.75 Å². The maximum absolute atomic E-state index is 14.1. The van der Waals surface area contributed by atoms with Crippen LogP contribution in [0.5, 0.6) is 5.75 Å². The summed E-state index contributed by atoms with van der Waals surface area (Å²) in [6, 6.07) is 20.4. The van der Waals surface area contributed by atoms with E-state index in [2.05, 4.69) is 4.98 Å². The van der Waals surface area contributed by atoms with E-state index in [4.69, 9.17) is 0 Å². The number of phenolic OH excluding ortho intramolecular Hbond substituents is 1. The number of para-hydroxylation sites is 1. The van der Waals surface area contributed by atoms with E-state index in [0.29, 0.717) is 17.7 Å². The Kier molecular flexibility index (Phi) is 3.69. The number of halogens is 1. The van der Waals surface area contributed by atoms with Crippen LogP contribution in [0.15, 0.2) is 72.8 Å². The first kappa shape index (κ1) is 16.6. The van der Waals surface area contributed by atoms with Crippen LogP contribution < -0.4 is 0 Å². The third-order valence-electron chi connectivity index (χ3n) is 5.29. The zero-order valence-electron chi connectivity index (χ0n) is 14.9. The normalized spacial score (nSPS) is 14.5. The Morgan fingerprint density at radius 3 is 2.61 bits per heavy atom. The number of aromatic nitrogens is 1. The average Bonchev–Trinajstić information content (AvgIpc) is 3.27. The monoisotopic (exact) mass is 372 g/mol. The Balaban J connectivity index is 1.69. The third-order valence-corrected chi connectivity index (χ3v) is 5.29. The second-order valence-electron chi connectivity index (χ2n) is 7.01. The molecule has 0 saturated heterocycles. The van der Waals surface area contributed by atoms with Gasteiger partial charge in [0.15, 0.2) is 0 Å². The number of hydrogen-bond donors (Lipinski definition) is 2. The molecule has 4 nitrogen and oxygen atoms in total. The average molecular weight is 372 g/mol. The highest BCUT2D eigenvalue weighted by Crippen LogP contribution is 2.39. The Labute approximate surface area is 160 Å². The van der Waals surface area contributed by atoms with Crippen molar-refractivity contribution in [1.82, 2.24) is 9.88 Å². The molecule has 1 unspecified atom stereocenters. The topological polar surface area (TPSA) is 56.3 Å². The number of benzene rings is 3. The van der Waals surface area contributed by atoms with Crippen LogP contribution in [0.1, 0.15) is 33.2 Å². The molecule has 2 heterocycles. The summed E-state index contributed by atoms with van der Waals surface area (Å²) < 4.78 is 14.1. The summed E-state index contributed by atoms with van der Waals surface area (Å²) in [5, 5.41) is 11.5. The molecule has 2 N–H and O–H groups in total. The molecule has 4 aromatic rings. The van der Waals surface area contributed by atoms with Gasteiger partial charge in [-0.25, -0.2) is 4.39 Å². The van der Waals surface area contributed by atoms with Crippen molar-refractivity contribution in [3.05, 3.63) is 101 Å². The number of phenols is 1. The molecule has 3 aromatic carbocycles. The Morgan fingerprint density at radius 2 is 1.79 bits per heavy atom. The minimum absolute atomic E-state index is 0.0474. The fourth-order valence-electron chi connectivity index (χ4n) is 3.98. The zero-order chi connectivity index (χ0) is 19.3. The third kappa shape index (κ3) is 2.55. The lowest BCUT2D eigenvalue weighted by atomic mass is 10.0. The van der Waals surface area contributed by atoms with Crippen LogP contribution in [0.3, 0.4) is 0 Å². The van der Waals surface area contributed by atoms with E-state index >= 15 is 0 Å². The first-order valence-electron chi connectivity index (χ1n) is 9.07. The highest BCUT2D eigenvalue weighted by Gasteiger charge is 2.36. The maximum atomic E-state index is 14.1. The summed E-state index contributed by atoms with van der Waals surface area (Å²) in [6.07, 6.45) is 0. The van der Waals surface area contributed by atoms with Gasteiger partial charge < -0.3 is 15.0 Å². The number of nitrogens with one attached hydrogen (secondary N) is 1. The minimum Gasteiger partial charge on any atom is -0.508 e. The highest BCUT2D eigenvalue weighted by atomic mass is 19.1. The van der Waals surface area contributed by atoms with Crippen molar-refractivity contribution in [2.24, 2.45) is 0 Å². The molecule has 1 amide bonds. The van der Waals surface area contributed by atoms with Crippen molar-refractivity contribution in [2.45, 2.75) is 12.6 Å². The lowest BCUT2D eigenvalue weighted by Gasteiger charge is -2.28. The SMILES string of the molecule is O=C1c2ccccc2CN1C(c1cc2ccccc2[nH]1)c1cc(F)ccc1O. The van der Waals surface area contributed by atoms with Gasteiger partial charge in [0.25, 0.3) is 5.91 Å². The van der Waals surface area contributed by atoms with Crippen LogP contribution in [-0.4, -0.2) is 20.9 Å². The van der Waals surface area contributed by atoms with Gasteiger partial charge in [-0.05, 0) is 47.3 Å². The number of nitrogens with zero attached hydrogens (tertiary/aromatic N) is 1. The van der Waals surface area contributed by atoms with Crippen LogP contribution >= 0.6 is 0 Å². The quantitative estimate of drug-likeness (QED) is 0.545. The predicted octanol–water partition coefficient (Wildman–Crippen LogP) is 4.76. The van der Waals surface area contributed by atoms with Crippen molar-refractivity contribution < 1.29 is 14.3 Å². The molecule has 0 fully saturated rings. The summed E-state index contributed by atoms with van der Waals surface area (Å²) in [4.78, 5) is 18.1. The molecule has 28 heavy (non-hydrogen) atoms. The molecule has 5 rings (SSSR count). The van der Waals surface area contributed by atoms with Crippen molar-refractivity contribution in [1.29, 1.82) is 0 Å². The molecular formula is C23H17FN2O2. The lowest BCUT2D eigenvalue weighted by molar-refractivity contribution is 0.0726. The molecule has 1 aliphatic rings. The number of amides is 1. The first-order valence-corrected chi connectivity index (χ1v) is 9.07. The van der Waals surface area contributed by atoms with Gasteiger partial charge in [-0.2, -0.15) is 0 Å². The van der Waals surface area contributed by atoms with Crippen molar-refractivity contribution in [3.63, 3.8) is 0 Å². The number of carbonyl (C=O) groups excluding carboxylic acids is 1. The molecule has 0 bridgehead atoms. The van der Waals surface area contributed by atoms with Crippen LogP contribution in [0.4, 0.5) is 4.39 Å². The van der Waals surface area contributed by atoms with E-state index in [0.717, 1.165) is 22.2 Å². The highest BCUT2D eigenvalue weighted by molar-refractivity contribution is 5.99. The predicted molar refractivity (Wildman–Crippen MR) is 105 cm³/mol. The van der Waals surface area contributed by atoms with Crippen LogP contribution in [0.2, 0.25) is 0 Å². The minimum atomic E-state index is -0.636. The van der Waals surface area contributed by atoms with Crippen LogP contribution in [0, 0.1) is 5.82 Å². The molecular weight excluding hydrogens is 355 g/mol. The number of aromatic hydroxyl groups is 1. The second kappa shape index (κ2) is 6.23. The van der Waals surface area contributed by atoms with E-state index in [1.54, 1.807) is 11.0 Å². The number of rotatable bonds is 3. The molecule has 1 aromatic heterocycles. The fraction of sp³-hybridized carbons (Fsp3) is 0.0870. The molecule has 1 atom stereocenters. The Bertz CT molecular complexity index is 1180. The Hall–Kier alpha value is -3.60. The van der Waals surface area contributed by atoms with E-state index in [-0.39, 0.29) is 11.7 Å². The molecule has 0 saturated carbocycles. The number of hydrogen-bond acceptors (Lipinski definition) is 2. The number of aromatic amines is 1. The number of carbonyl (C=O) groups is 1. The van der Waals surface area contributed by atoms with E-state index in [1.807, 2.05) is 48.5 Å². The van der Waals surface area contributed by atoms with Gasteiger partial charge in [-0.15, -0.1) is 0 Å². The largest absolute Gasteiger partial charge is 0.508 e. The summed E-state index contributed by atoms with van der Waals surface area (Å²) in [6.45, 7) is 0.394. The van der Waals surface area contributed by atoms with Gasteiger partial charge in [0, 0.05) is 28.9 Å². The second-order valence-corrected chi connectivity index (χ2v) is 7.01. The van der Waals surface area contributed by atoms with E-state index in [1.165, 1.54) is 18.2 Å². The van der Waals surface area contributed by atoms with E-state index < -0.39 is 11.9 Å². The first-order chi connectivity index (χ1) is 13.6. The van der Waals surface area contributed by atoms with Gasteiger partial charge in [0.2, 0.25) is 0 Å². The number of H-pyrrole nitrogens is 1. The lowest BCUT2D eigenvalue weighted by Crippen LogP contribution is -2.30.